The number of β-lactam (4-membered cyclic amide) rings is 1. The first-order valence-electron chi connectivity index (χ1n) is 9.78. The summed E-state index contributed by atoms with van der Waals surface area (Å²) < 4.78 is 35.2. The molecule has 2 unspecified atom stereocenters. The summed E-state index contributed by atoms with van der Waals surface area (Å²) in [6, 6.07) is 7.19. The third-order valence-corrected chi connectivity index (χ3v) is 7.66. The standard InChI is InChI=1S/C19H20N4O8S3/c1-12(32)21(8-7-20)17-19(31-34(2,28)29,11-22-15(24)9-16(22)33-17)18(25)30-10-13-3-5-14(6-4-13)23(26)27/h3-6,16-17H,8-11H2,1-2H3/t16-,17?,19?/m1/s1. The highest BCUT2D eigenvalue weighted by molar-refractivity contribution is 8.00. The Morgan fingerprint density at radius 1 is 1.44 bits per heavy atom. The van der Waals surface area contributed by atoms with Gasteiger partial charge in [0.25, 0.3) is 15.8 Å². The Kier molecular flexibility index (Phi) is 7.46. The SMILES string of the molecule is CC(=S)N(CC#N)C1S[C@@H]2CC(=O)N2CC1(OS(C)(=O)=O)C(=O)OCc1ccc([N+](=O)[O-])cc1. The first-order valence-corrected chi connectivity index (χ1v) is 12.9. The van der Waals surface area contributed by atoms with Crippen molar-refractivity contribution in [2.24, 2.45) is 0 Å². The molecule has 1 amide bonds. The van der Waals surface area contributed by atoms with Crippen LogP contribution in [-0.2, 0) is 35.2 Å². The van der Waals surface area contributed by atoms with Crippen LogP contribution in [0.25, 0.3) is 0 Å². The van der Waals surface area contributed by atoms with E-state index in [1.54, 1.807) is 0 Å². The molecule has 3 atom stereocenters. The summed E-state index contributed by atoms with van der Waals surface area (Å²) in [5.41, 5.74) is -1.95. The minimum Gasteiger partial charge on any atom is -0.459 e. The first kappa shape index (κ1) is 25.8. The van der Waals surface area contributed by atoms with E-state index in [1.165, 1.54) is 41.0 Å². The molecule has 1 aromatic carbocycles. The van der Waals surface area contributed by atoms with E-state index in [9.17, 15) is 33.4 Å². The molecule has 15 heteroatoms. The summed E-state index contributed by atoms with van der Waals surface area (Å²) in [6.07, 6.45) is 0.952. The highest BCUT2D eigenvalue weighted by Crippen LogP contribution is 2.47. The fourth-order valence-corrected chi connectivity index (χ4v) is 6.35. The summed E-state index contributed by atoms with van der Waals surface area (Å²) in [4.78, 5) is 38.8. The second-order valence-electron chi connectivity index (χ2n) is 7.65. The van der Waals surface area contributed by atoms with Gasteiger partial charge in [-0.3, -0.25) is 14.9 Å². The Labute approximate surface area is 205 Å². The van der Waals surface area contributed by atoms with Gasteiger partial charge in [0.1, 0.15) is 18.5 Å². The average molecular weight is 529 g/mol. The molecule has 1 aromatic rings. The van der Waals surface area contributed by atoms with E-state index < -0.39 is 38.5 Å². The molecule has 0 spiro atoms. The number of nitriles is 1. The number of rotatable bonds is 8. The monoisotopic (exact) mass is 528 g/mol. The minimum atomic E-state index is -4.25. The van der Waals surface area contributed by atoms with Gasteiger partial charge < -0.3 is 14.5 Å². The van der Waals surface area contributed by atoms with Gasteiger partial charge in [0.05, 0.1) is 40.6 Å². The smallest absolute Gasteiger partial charge is 0.345 e. The fourth-order valence-electron chi connectivity index (χ4n) is 3.61. The van der Waals surface area contributed by atoms with Gasteiger partial charge in [0.15, 0.2) is 0 Å². The van der Waals surface area contributed by atoms with Crippen LogP contribution in [0.1, 0.15) is 18.9 Å². The minimum absolute atomic E-state index is 0.151. The van der Waals surface area contributed by atoms with Crippen LogP contribution in [0.4, 0.5) is 5.69 Å². The molecule has 0 N–H and O–H groups in total. The molecule has 2 saturated heterocycles. The van der Waals surface area contributed by atoms with Crippen molar-refractivity contribution in [2.45, 2.75) is 36.3 Å². The van der Waals surface area contributed by atoms with E-state index in [-0.39, 0.29) is 41.5 Å². The van der Waals surface area contributed by atoms with Gasteiger partial charge in [0.2, 0.25) is 11.5 Å². The second kappa shape index (κ2) is 9.82. The third kappa shape index (κ3) is 5.30. The summed E-state index contributed by atoms with van der Waals surface area (Å²) >= 11 is 6.34. The number of fused-ring (bicyclic) bond motifs is 1. The number of hydrogen-bond donors (Lipinski definition) is 0. The number of nitrogens with zero attached hydrogens (tertiary/aromatic N) is 4. The van der Waals surface area contributed by atoms with Crippen LogP contribution in [0, 0.1) is 21.4 Å². The van der Waals surface area contributed by atoms with Crippen molar-refractivity contribution in [1.82, 2.24) is 9.80 Å². The number of carbonyl (C=O) groups is 2. The zero-order valence-electron chi connectivity index (χ0n) is 18.1. The van der Waals surface area contributed by atoms with Crippen LogP contribution in [0.15, 0.2) is 24.3 Å². The van der Waals surface area contributed by atoms with Gasteiger partial charge in [-0.15, -0.1) is 11.8 Å². The maximum atomic E-state index is 13.4. The molecule has 2 aliphatic heterocycles. The summed E-state index contributed by atoms with van der Waals surface area (Å²) in [6.45, 7) is 0.525. The largest absolute Gasteiger partial charge is 0.459 e. The average Bonchev–Trinajstić information content (AvgIpc) is 2.75. The number of ether oxygens (including phenoxy) is 1. The van der Waals surface area contributed by atoms with E-state index in [0.717, 1.165) is 18.0 Å². The van der Waals surface area contributed by atoms with Crippen LogP contribution < -0.4 is 0 Å². The summed E-state index contributed by atoms with van der Waals surface area (Å²) in [5.74, 6) is -1.36. The van der Waals surface area contributed by atoms with Crippen molar-refractivity contribution in [3.8, 4) is 6.07 Å². The summed E-state index contributed by atoms with van der Waals surface area (Å²) in [7, 11) is -4.25. The Hall–Kier alpha value is -2.80. The van der Waals surface area contributed by atoms with Crippen LogP contribution in [-0.4, -0.2) is 75.7 Å². The molecule has 3 rings (SSSR count). The normalized spacial score (nSPS) is 23.8. The lowest BCUT2D eigenvalue weighted by Crippen LogP contribution is -2.72. The van der Waals surface area contributed by atoms with Crippen LogP contribution in [0.5, 0.6) is 0 Å². The molecule has 2 heterocycles. The Bertz CT molecular complexity index is 1170. The van der Waals surface area contributed by atoms with Crippen molar-refractivity contribution < 1.29 is 31.9 Å². The van der Waals surface area contributed by atoms with Gasteiger partial charge in [-0.1, -0.05) is 12.2 Å². The quantitative estimate of drug-likeness (QED) is 0.0902. The predicted molar refractivity (Wildman–Crippen MR) is 124 cm³/mol. The molecular weight excluding hydrogens is 508 g/mol. The first-order chi connectivity index (χ1) is 15.9. The number of benzene rings is 1. The second-order valence-corrected chi connectivity index (χ2v) is 11.1. The molecule has 12 nitrogen and oxygen atoms in total. The number of amides is 1. The number of esters is 1. The Morgan fingerprint density at radius 2 is 2.09 bits per heavy atom. The van der Waals surface area contributed by atoms with E-state index in [1.807, 2.05) is 6.07 Å². The van der Waals surface area contributed by atoms with Crippen molar-refractivity contribution >= 4 is 56.7 Å². The van der Waals surface area contributed by atoms with Crippen LogP contribution >= 0.6 is 24.0 Å². The lowest BCUT2D eigenvalue weighted by Gasteiger charge is -2.54. The van der Waals surface area contributed by atoms with Gasteiger partial charge >= 0.3 is 5.97 Å². The van der Waals surface area contributed by atoms with E-state index in [0.29, 0.717) is 5.56 Å². The molecular formula is C19H20N4O8S3. The predicted octanol–water partition coefficient (Wildman–Crippen LogP) is 1.16. The van der Waals surface area contributed by atoms with Crippen molar-refractivity contribution in [3.05, 3.63) is 39.9 Å². The zero-order chi connectivity index (χ0) is 25.3. The highest BCUT2D eigenvalue weighted by atomic mass is 32.2. The molecule has 0 radical (unpaired) electrons. The molecule has 0 bridgehead atoms. The number of carbonyl (C=O) groups excluding carboxylic acids is 2. The molecule has 2 fully saturated rings. The molecule has 2 aliphatic rings. The lowest BCUT2D eigenvalue weighted by atomic mass is 9.98. The maximum Gasteiger partial charge on any atom is 0.345 e. The topological polar surface area (TPSA) is 160 Å². The number of thioether (sulfide) groups is 1. The number of nitro benzene ring substituents is 1. The zero-order valence-corrected chi connectivity index (χ0v) is 20.5. The lowest BCUT2D eigenvalue weighted by molar-refractivity contribution is -0.384. The van der Waals surface area contributed by atoms with E-state index >= 15 is 0 Å². The van der Waals surface area contributed by atoms with Crippen LogP contribution in [0.3, 0.4) is 0 Å². The van der Waals surface area contributed by atoms with Gasteiger partial charge in [-0.2, -0.15) is 13.7 Å². The molecule has 182 valence electrons. The number of non-ortho nitro benzene ring substituents is 1. The number of thiocarbonyl (C=S) groups is 1. The van der Waals surface area contributed by atoms with Gasteiger partial charge in [0, 0.05) is 12.1 Å². The van der Waals surface area contributed by atoms with E-state index in [2.05, 4.69) is 0 Å². The van der Waals surface area contributed by atoms with E-state index in [4.69, 9.17) is 21.1 Å². The Morgan fingerprint density at radius 3 is 2.59 bits per heavy atom. The number of hydrogen-bond acceptors (Lipinski definition) is 11. The molecule has 0 saturated carbocycles. The van der Waals surface area contributed by atoms with Gasteiger partial charge in [-0.25, -0.2) is 8.98 Å². The fraction of sp³-hybridized carbons (Fsp3) is 0.474. The highest BCUT2D eigenvalue weighted by Gasteiger charge is 2.62. The van der Waals surface area contributed by atoms with Crippen LogP contribution in [0.2, 0.25) is 0 Å². The molecule has 0 aromatic heterocycles. The third-order valence-electron chi connectivity index (χ3n) is 5.20. The number of nitro groups is 1. The Balaban J connectivity index is 1.97. The molecule has 34 heavy (non-hydrogen) atoms. The van der Waals surface area contributed by atoms with Crippen molar-refractivity contribution in [2.75, 3.05) is 19.3 Å². The van der Waals surface area contributed by atoms with Crippen molar-refractivity contribution in [1.29, 1.82) is 5.26 Å². The van der Waals surface area contributed by atoms with Gasteiger partial charge in [-0.05, 0) is 24.6 Å². The summed E-state index contributed by atoms with van der Waals surface area (Å²) in [5, 5.41) is 18.7. The molecule has 0 aliphatic carbocycles. The van der Waals surface area contributed by atoms with Crippen molar-refractivity contribution in [3.63, 3.8) is 0 Å². The maximum absolute atomic E-state index is 13.4.